The molecule has 10 nitrogen and oxygen atoms in total. The molecule has 1 heterocycles. The van der Waals surface area contributed by atoms with Gasteiger partial charge < -0.3 is 26.0 Å². The van der Waals surface area contributed by atoms with Gasteiger partial charge in [-0.1, -0.05) is 32.6 Å². The van der Waals surface area contributed by atoms with Crippen LogP contribution in [0.2, 0.25) is 0 Å². The van der Waals surface area contributed by atoms with Crippen molar-refractivity contribution >= 4 is 35.0 Å². The first-order valence-corrected chi connectivity index (χ1v) is 13.6. The molecule has 0 spiro atoms. The zero-order valence-electron chi connectivity index (χ0n) is 24.1. The summed E-state index contributed by atoms with van der Waals surface area (Å²) in [4.78, 5) is 61.3. The maximum Gasteiger partial charge on any atom is 0.243 e. The molecule has 0 aromatic heterocycles. The molecule has 0 radical (unpaired) electrons. The van der Waals surface area contributed by atoms with Crippen molar-refractivity contribution in [2.45, 2.75) is 78.8 Å². The molecule has 0 saturated heterocycles. The summed E-state index contributed by atoms with van der Waals surface area (Å²) >= 11 is 0. The van der Waals surface area contributed by atoms with Gasteiger partial charge in [-0.2, -0.15) is 0 Å². The summed E-state index contributed by atoms with van der Waals surface area (Å²) in [7, 11) is 0. The van der Waals surface area contributed by atoms with E-state index in [9.17, 15) is 24.0 Å². The van der Waals surface area contributed by atoms with E-state index in [1.54, 1.807) is 0 Å². The van der Waals surface area contributed by atoms with Gasteiger partial charge in [-0.3, -0.25) is 24.0 Å². The molecular formula is C30H42N4O6. The van der Waals surface area contributed by atoms with Crippen molar-refractivity contribution in [2.75, 3.05) is 13.1 Å². The van der Waals surface area contributed by atoms with Crippen LogP contribution in [0.1, 0.15) is 71.4 Å². The number of fused-ring (bicyclic) bond motifs is 1. The summed E-state index contributed by atoms with van der Waals surface area (Å²) in [6.45, 7) is 12.6. The van der Waals surface area contributed by atoms with E-state index in [4.69, 9.17) is 4.74 Å². The van der Waals surface area contributed by atoms with Gasteiger partial charge in [0, 0.05) is 32.4 Å². The van der Waals surface area contributed by atoms with E-state index in [0.717, 1.165) is 16.7 Å². The summed E-state index contributed by atoms with van der Waals surface area (Å²) in [5.41, 5.74) is 2.69. The Morgan fingerprint density at radius 2 is 1.68 bits per heavy atom. The van der Waals surface area contributed by atoms with Crippen LogP contribution in [-0.4, -0.2) is 54.6 Å². The van der Waals surface area contributed by atoms with Crippen LogP contribution in [0.25, 0.3) is 5.57 Å². The lowest BCUT2D eigenvalue weighted by molar-refractivity contribution is -0.131. The molecule has 4 amide bonds. The minimum absolute atomic E-state index is 0.0773. The SMILES string of the molecule is C=C1C=C(C)c2ccc(CC(=O)[C@H](CCCCNC(C)=O)NC(=O)CNC(=O)[C@H](CC(C)C)NC(C)=O)cc2O1. The molecule has 0 bridgehead atoms. The van der Waals surface area contributed by atoms with Crippen molar-refractivity contribution in [1.29, 1.82) is 0 Å². The molecule has 1 aliphatic heterocycles. The van der Waals surface area contributed by atoms with Crippen molar-refractivity contribution in [1.82, 2.24) is 21.3 Å². The number of nitrogens with one attached hydrogen (secondary N) is 4. The molecule has 2 atom stereocenters. The van der Waals surface area contributed by atoms with Crippen molar-refractivity contribution in [2.24, 2.45) is 5.92 Å². The van der Waals surface area contributed by atoms with Gasteiger partial charge in [0.1, 0.15) is 17.6 Å². The van der Waals surface area contributed by atoms with Gasteiger partial charge in [0.05, 0.1) is 12.6 Å². The van der Waals surface area contributed by atoms with Gasteiger partial charge >= 0.3 is 0 Å². The fraction of sp³-hybridized carbons (Fsp3) is 0.500. The monoisotopic (exact) mass is 554 g/mol. The molecule has 40 heavy (non-hydrogen) atoms. The average molecular weight is 555 g/mol. The van der Waals surface area contributed by atoms with Gasteiger partial charge in [0.25, 0.3) is 0 Å². The predicted molar refractivity (Wildman–Crippen MR) is 153 cm³/mol. The van der Waals surface area contributed by atoms with Crippen LogP contribution in [0.5, 0.6) is 5.75 Å². The van der Waals surface area contributed by atoms with E-state index in [1.807, 2.05) is 45.0 Å². The minimum Gasteiger partial charge on any atom is -0.457 e. The fourth-order valence-corrected chi connectivity index (χ4v) is 4.44. The molecule has 0 aliphatic carbocycles. The third kappa shape index (κ3) is 11.0. The Morgan fingerprint density at radius 1 is 0.950 bits per heavy atom. The highest BCUT2D eigenvalue weighted by molar-refractivity contribution is 5.93. The molecule has 10 heteroatoms. The number of hydrogen-bond acceptors (Lipinski definition) is 6. The zero-order chi connectivity index (χ0) is 29.8. The number of rotatable bonds is 15. The molecule has 218 valence electrons. The molecule has 4 N–H and O–H groups in total. The Labute approximate surface area is 236 Å². The molecule has 0 unspecified atom stereocenters. The lowest BCUT2D eigenvalue weighted by atomic mass is 9.96. The van der Waals surface area contributed by atoms with Crippen LogP contribution in [0.15, 0.2) is 36.6 Å². The molecule has 1 aromatic carbocycles. The Balaban J connectivity index is 2.05. The highest BCUT2D eigenvalue weighted by Crippen LogP contribution is 2.33. The van der Waals surface area contributed by atoms with Gasteiger partial charge in [-0.15, -0.1) is 0 Å². The second-order valence-corrected chi connectivity index (χ2v) is 10.6. The quantitative estimate of drug-likeness (QED) is 0.246. The van der Waals surface area contributed by atoms with E-state index >= 15 is 0 Å². The van der Waals surface area contributed by atoms with E-state index in [2.05, 4.69) is 27.8 Å². The molecular weight excluding hydrogens is 512 g/mol. The van der Waals surface area contributed by atoms with E-state index in [-0.39, 0.29) is 36.5 Å². The first-order chi connectivity index (χ1) is 18.8. The average Bonchev–Trinajstić information content (AvgIpc) is 2.84. The van der Waals surface area contributed by atoms with Crippen LogP contribution in [-0.2, 0) is 30.4 Å². The van der Waals surface area contributed by atoms with Crippen LogP contribution in [0.3, 0.4) is 0 Å². The number of ether oxygens (including phenoxy) is 1. The second-order valence-electron chi connectivity index (χ2n) is 10.6. The molecule has 0 saturated carbocycles. The second kappa shape index (κ2) is 15.6. The van der Waals surface area contributed by atoms with Crippen LogP contribution in [0, 0.1) is 5.92 Å². The standard InChI is InChI=1S/C30H42N4O6/c1-18(2)13-26(33-22(6)36)30(39)32-17-29(38)34-25(9-7-8-12-31-21(5)35)27(37)15-23-10-11-24-19(3)14-20(4)40-28(24)16-23/h10-11,14,16,18,25-26H,4,7-9,12-13,15,17H2,1-3,5-6H3,(H,31,35)(H,32,39)(H,33,36)(H,34,38)/t25-,26-/m0/s1. The first-order valence-electron chi connectivity index (χ1n) is 13.6. The van der Waals surface area contributed by atoms with Crippen LogP contribution < -0.4 is 26.0 Å². The summed E-state index contributed by atoms with van der Waals surface area (Å²) in [6.07, 6.45) is 3.96. The predicted octanol–water partition coefficient (Wildman–Crippen LogP) is 2.57. The normalized spacial score (nSPS) is 13.8. The van der Waals surface area contributed by atoms with Crippen molar-refractivity contribution in [3.8, 4) is 5.75 Å². The number of allylic oxidation sites excluding steroid dienone is 2. The number of Topliss-reactive ketones (excluding diaryl/α,β-unsaturated/α-hetero) is 1. The Morgan fingerprint density at radius 3 is 2.33 bits per heavy atom. The van der Waals surface area contributed by atoms with Gasteiger partial charge in [0.15, 0.2) is 5.78 Å². The lowest BCUT2D eigenvalue weighted by Gasteiger charge is -2.21. The molecule has 2 rings (SSSR count). The number of hydrogen-bond donors (Lipinski definition) is 4. The Kier molecular flexibility index (Phi) is 12.6. The number of amides is 4. The minimum atomic E-state index is -0.780. The largest absolute Gasteiger partial charge is 0.457 e. The van der Waals surface area contributed by atoms with E-state index < -0.39 is 23.9 Å². The molecule has 0 fully saturated rings. The number of unbranched alkanes of at least 4 members (excludes halogenated alkanes) is 1. The third-order valence-electron chi connectivity index (χ3n) is 6.31. The topological polar surface area (TPSA) is 143 Å². The van der Waals surface area contributed by atoms with E-state index in [0.29, 0.717) is 43.7 Å². The van der Waals surface area contributed by atoms with Gasteiger partial charge in [-0.25, -0.2) is 0 Å². The first kappa shape index (κ1) is 32.3. The summed E-state index contributed by atoms with van der Waals surface area (Å²) in [6, 6.07) is 4.03. The number of carbonyl (C=O) groups is 5. The van der Waals surface area contributed by atoms with Crippen LogP contribution >= 0.6 is 0 Å². The Hall–Kier alpha value is -3.95. The molecule has 1 aliphatic rings. The summed E-state index contributed by atoms with van der Waals surface area (Å²) < 4.78 is 5.73. The van der Waals surface area contributed by atoms with Crippen LogP contribution in [0.4, 0.5) is 0 Å². The van der Waals surface area contributed by atoms with Crippen molar-refractivity contribution in [3.63, 3.8) is 0 Å². The smallest absolute Gasteiger partial charge is 0.243 e. The molecule has 1 aromatic rings. The number of benzene rings is 1. The van der Waals surface area contributed by atoms with Crippen molar-refractivity contribution in [3.05, 3.63) is 47.7 Å². The lowest BCUT2D eigenvalue weighted by Crippen LogP contribution is -2.51. The highest BCUT2D eigenvalue weighted by atomic mass is 16.5. The zero-order valence-corrected chi connectivity index (χ0v) is 24.1. The summed E-state index contributed by atoms with van der Waals surface area (Å²) in [5.74, 6) is -0.312. The number of carbonyl (C=O) groups excluding carboxylic acids is 5. The summed E-state index contributed by atoms with van der Waals surface area (Å²) in [5, 5.41) is 10.7. The van der Waals surface area contributed by atoms with Crippen molar-refractivity contribution < 1.29 is 28.7 Å². The number of ketones is 1. The third-order valence-corrected chi connectivity index (χ3v) is 6.31. The highest BCUT2D eigenvalue weighted by Gasteiger charge is 2.24. The van der Waals surface area contributed by atoms with Gasteiger partial charge in [0.2, 0.25) is 23.6 Å². The maximum absolute atomic E-state index is 13.3. The Bertz CT molecular complexity index is 1160. The van der Waals surface area contributed by atoms with E-state index in [1.165, 1.54) is 13.8 Å². The van der Waals surface area contributed by atoms with Gasteiger partial charge in [-0.05, 0) is 61.8 Å². The fourth-order valence-electron chi connectivity index (χ4n) is 4.44. The maximum atomic E-state index is 13.3.